The quantitative estimate of drug-likeness (QED) is 0.837. The van der Waals surface area contributed by atoms with Gasteiger partial charge in [-0.15, -0.1) is 0 Å². The lowest BCUT2D eigenvalue weighted by Gasteiger charge is -2.12. The summed E-state index contributed by atoms with van der Waals surface area (Å²) in [6, 6.07) is 5.30. The highest BCUT2D eigenvalue weighted by atomic mass is 35.5. The zero-order chi connectivity index (χ0) is 14.6. The first-order valence-electron chi connectivity index (χ1n) is 6.61. The summed E-state index contributed by atoms with van der Waals surface area (Å²) in [6.07, 6.45) is 2.51. The van der Waals surface area contributed by atoms with Gasteiger partial charge in [-0.25, -0.2) is 13.1 Å². The molecule has 0 spiro atoms. The molecule has 1 fully saturated rings. The Labute approximate surface area is 129 Å². The van der Waals surface area contributed by atoms with Crippen molar-refractivity contribution in [3.63, 3.8) is 0 Å². The second-order valence-electron chi connectivity index (χ2n) is 4.95. The number of hydrogen-bond acceptors (Lipinski definition) is 3. The first-order chi connectivity index (χ1) is 9.46. The highest BCUT2D eigenvalue weighted by Gasteiger charge is 2.21. The van der Waals surface area contributed by atoms with Gasteiger partial charge in [-0.1, -0.05) is 29.3 Å². The maximum Gasteiger partial charge on any atom is 0.213 e. The summed E-state index contributed by atoms with van der Waals surface area (Å²) in [7, 11) is -3.24. The van der Waals surface area contributed by atoms with Gasteiger partial charge in [0.25, 0.3) is 0 Å². The Morgan fingerprint density at radius 3 is 2.80 bits per heavy atom. The van der Waals surface area contributed by atoms with Crippen LogP contribution in [0.5, 0.6) is 0 Å². The molecule has 1 aliphatic heterocycles. The summed E-state index contributed by atoms with van der Waals surface area (Å²) >= 11 is 11.9. The van der Waals surface area contributed by atoms with E-state index in [1.165, 1.54) is 0 Å². The molecule has 1 atom stereocenters. The molecule has 0 saturated carbocycles. The molecule has 1 heterocycles. The number of hydrogen-bond donors (Lipinski definition) is 2. The van der Waals surface area contributed by atoms with Crippen LogP contribution in [-0.4, -0.2) is 33.3 Å². The van der Waals surface area contributed by atoms with E-state index >= 15 is 0 Å². The predicted octanol–water partition coefficient (Wildman–Crippen LogP) is 2.21. The number of nitrogens with one attached hydrogen (secondary N) is 2. The lowest BCUT2D eigenvalue weighted by Crippen LogP contribution is -2.37. The van der Waals surface area contributed by atoms with Gasteiger partial charge in [-0.05, 0) is 43.5 Å². The first kappa shape index (κ1) is 16.0. The van der Waals surface area contributed by atoms with Crippen molar-refractivity contribution in [2.24, 2.45) is 0 Å². The highest BCUT2D eigenvalue weighted by molar-refractivity contribution is 7.89. The van der Waals surface area contributed by atoms with E-state index in [2.05, 4.69) is 10.0 Å². The van der Waals surface area contributed by atoms with Crippen molar-refractivity contribution in [1.29, 1.82) is 0 Å². The van der Waals surface area contributed by atoms with Gasteiger partial charge in [0, 0.05) is 22.6 Å². The molecule has 2 N–H and O–H groups in total. The summed E-state index contributed by atoms with van der Waals surface area (Å²) in [4.78, 5) is 0. The van der Waals surface area contributed by atoms with Crippen LogP contribution in [0.15, 0.2) is 18.2 Å². The van der Waals surface area contributed by atoms with Crippen molar-refractivity contribution >= 4 is 33.2 Å². The Bertz CT molecular complexity index is 557. The summed E-state index contributed by atoms with van der Waals surface area (Å²) in [6.45, 7) is 1.25. The Hall–Kier alpha value is -0.330. The molecule has 20 heavy (non-hydrogen) atoms. The third-order valence-corrected chi connectivity index (χ3v) is 5.39. The molecule has 0 bridgehead atoms. The van der Waals surface area contributed by atoms with E-state index < -0.39 is 10.0 Å². The van der Waals surface area contributed by atoms with E-state index in [0.717, 1.165) is 24.9 Å². The molecule has 0 amide bonds. The van der Waals surface area contributed by atoms with Crippen LogP contribution in [0.3, 0.4) is 0 Å². The van der Waals surface area contributed by atoms with Gasteiger partial charge in [-0.2, -0.15) is 0 Å². The Morgan fingerprint density at radius 1 is 1.35 bits per heavy atom. The lowest BCUT2D eigenvalue weighted by atomic mass is 10.1. The van der Waals surface area contributed by atoms with E-state index in [1.54, 1.807) is 12.1 Å². The Balaban J connectivity index is 1.82. The summed E-state index contributed by atoms with van der Waals surface area (Å²) < 4.78 is 26.4. The minimum Gasteiger partial charge on any atom is -0.313 e. The van der Waals surface area contributed by atoms with Crippen molar-refractivity contribution in [3.05, 3.63) is 33.8 Å². The second kappa shape index (κ2) is 7.09. The Morgan fingerprint density at radius 2 is 2.15 bits per heavy atom. The van der Waals surface area contributed by atoms with Crippen LogP contribution in [0.25, 0.3) is 0 Å². The normalized spacial score (nSPS) is 19.4. The zero-order valence-corrected chi connectivity index (χ0v) is 13.4. The standard InChI is InChI=1S/C13H18Cl2N2O2S/c14-11-4-3-10(13(15)8-11)5-7-17-20(18,19)9-12-2-1-6-16-12/h3-4,8,12,16-17H,1-2,5-7,9H2. The van der Waals surface area contributed by atoms with Crippen LogP contribution in [-0.2, 0) is 16.4 Å². The average molecular weight is 337 g/mol. The second-order valence-corrected chi connectivity index (χ2v) is 7.65. The van der Waals surface area contributed by atoms with E-state index in [4.69, 9.17) is 23.2 Å². The smallest absolute Gasteiger partial charge is 0.213 e. The van der Waals surface area contributed by atoms with Crippen molar-refractivity contribution in [3.8, 4) is 0 Å². The fourth-order valence-corrected chi connectivity index (χ4v) is 4.14. The summed E-state index contributed by atoms with van der Waals surface area (Å²) in [5, 5.41) is 4.32. The number of benzene rings is 1. The molecule has 1 aromatic rings. The molecule has 1 unspecified atom stereocenters. The van der Waals surface area contributed by atoms with Crippen molar-refractivity contribution < 1.29 is 8.42 Å². The third-order valence-electron chi connectivity index (χ3n) is 3.31. The molecule has 1 aromatic carbocycles. The first-order valence-corrected chi connectivity index (χ1v) is 9.02. The topological polar surface area (TPSA) is 58.2 Å². The van der Waals surface area contributed by atoms with Gasteiger partial charge >= 0.3 is 0 Å². The minimum absolute atomic E-state index is 0.0756. The van der Waals surface area contributed by atoms with Crippen LogP contribution >= 0.6 is 23.2 Å². The van der Waals surface area contributed by atoms with Gasteiger partial charge in [0.2, 0.25) is 10.0 Å². The van der Waals surface area contributed by atoms with Gasteiger partial charge in [0.15, 0.2) is 0 Å². The van der Waals surface area contributed by atoms with Crippen LogP contribution in [0.1, 0.15) is 18.4 Å². The van der Waals surface area contributed by atoms with Gasteiger partial charge < -0.3 is 5.32 Å². The third kappa shape index (κ3) is 4.90. The maximum atomic E-state index is 11.9. The van der Waals surface area contributed by atoms with E-state index in [1.807, 2.05) is 6.07 Å². The van der Waals surface area contributed by atoms with Crippen molar-refractivity contribution in [2.45, 2.75) is 25.3 Å². The summed E-state index contributed by atoms with van der Waals surface area (Å²) in [5.74, 6) is 0.140. The van der Waals surface area contributed by atoms with Crippen molar-refractivity contribution in [1.82, 2.24) is 10.0 Å². The molecule has 112 valence electrons. The molecule has 0 radical (unpaired) electrons. The molecule has 0 aromatic heterocycles. The van der Waals surface area contributed by atoms with Gasteiger partial charge in [0.1, 0.15) is 0 Å². The van der Waals surface area contributed by atoms with Gasteiger partial charge in [0.05, 0.1) is 5.75 Å². The molecular formula is C13H18Cl2N2O2S. The SMILES string of the molecule is O=S(=O)(CC1CCCN1)NCCc1ccc(Cl)cc1Cl. The average Bonchev–Trinajstić information content (AvgIpc) is 2.84. The van der Waals surface area contributed by atoms with Crippen LogP contribution in [0.2, 0.25) is 10.0 Å². The lowest BCUT2D eigenvalue weighted by molar-refractivity contribution is 0.564. The number of rotatable bonds is 6. The van der Waals surface area contributed by atoms with E-state index in [9.17, 15) is 8.42 Å². The minimum atomic E-state index is -3.24. The van der Waals surface area contributed by atoms with Crippen LogP contribution in [0, 0.1) is 0 Å². The fourth-order valence-electron chi connectivity index (χ4n) is 2.29. The number of sulfonamides is 1. The van der Waals surface area contributed by atoms with Crippen LogP contribution in [0.4, 0.5) is 0 Å². The highest BCUT2D eigenvalue weighted by Crippen LogP contribution is 2.21. The molecular weight excluding hydrogens is 319 g/mol. The predicted molar refractivity (Wildman–Crippen MR) is 83.0 cm³/mol. The van der Waals surface area contributed by atoms with Gasteiger partial charge in [-0.3, -0.25) is 0 Å². The molecule has 1 saturated heterocycles. The molecule has 0 aliphatic carbocycles. The fraction of sp³-hybridized carbons (Fsp3) is 0.538. The Kier molecular flexibility index (Phi) is 5.69. The molecule has 1 aliphatic rings. The summed E-state index contributed by atoms with van der Waals surface area (Å²) in [5.41, 5.74) is 0.887. The molecule has 2 rings (SSSR count). The van der Waals surface area contributed by atoms with E-state index in [0.29, 0.717) is 23.0 Å². The largest absolute Gasteiger partial charge is 0.313 e. The molecule has 4 nitrogen and oxygen atoms in total. The maximum absolute atomic E-state index is 11.9. The number of halogens is 2. The van der Waals surface area contributed by atoms with Crippen molar-refractivity contribution in [2.75, 3.05) is 18.8 Å². The van der Waals surface area contributed by atoms with E-state index in [-0.39, 0.29) is 11.8 Å². The monoisotopic (exact) mass is 336 g/mol. The molecule has 7 heteroatoms. The zero-order valence-electron chi connectivity index (χ0n) is 11.0. The van der Waals surface area contributed by atoms with Crippen LogP contribution < -0.4 is 10.0 Å².